The lowest BCUT2D eigenvalue weighted by Crippen LogP contribution is -2.37. The van der Waals surface area contributed by atoms with Crippen molar-refractivity contribution in [1.29, 1.82) is 0 Å². The smallest absolute Gasteiger partial charge is 0.273 e. The van der Waals surface area contributed by atoms with Crippen LogP contribution in [0.3, 0.4) is 0 Å². The van der Waals surface area contributed by atoms with Gasteiger partial charge in [-0.15, -0.1) is 12.4 Å². The van der Waals surface area contributed by atoms with E-state index in [1.807, 2.05) is 13.8 Å². The van der Waals surface area contributed by atoms with Gasteiger partial charge in [0.2, 0.25) is 0 Å². The molecule has 0 radical (unpaired) electrons. The Balaban J connectivity index is 0.00000288. The normalized spacial score (nSPS) is 17.2. The first kappa shape index (κ1) is 20.4. The summed E-state index contributed by atoms with van der Waals surface area (Å²) in [6.07, 6.45) is -0.968. The van der Waals surface area contributed by atoms with Crippen LogP contribution in [-0.4, -0.2) is 54.6 Å². The average Bonchev–Trinajstić information content (AvgIpc) is 2.52. The number of nitro groups is 1. The third-order valence-corrected chi connectivity index (χ3v) is 3.23. The molecule has 2 unspecified atom stereocenters. The molecule has 1 heterocycles. The molecule has 1 aliphatic heterocycles. The maximum Gasteiger partial charge on any atom is 0.273 e. The highest BCUT2D eigenvalue weighted by Gasteiger charge is 2.23. The zero-order chi connectivity index (χ0) is 16.8. The summed E-state index contributed by atoms with van der Waals surface area (Å²) in [4.78, 5) is 10.3. The van der Waals surface area contributed by atoms with Gasteiger partial charge in [0.25, 0.3) is 5.69 Å². The van der Waals surface area contributed by atoms with Gasteiger partial charge >= 0.3 is 0 Å². The van der Waals surface area contributed by atoms with Crippen molar-refractivity contribution in [3.05, 3.63) is 28.3 Å². The summed E-state index contributed by atoms with van der Waals surface area (Å²) in [5, 5.41) is 23.6. The fraction of sp³-hybridized carbons (Fsp3) is 0.600. The van der Waals surface area contributed by atoms with Gasteiger partial charge in [-0.1, -0.05) is 13.8 Å². The summed E-state index contributed by atoms with van der Waals surface area (Å²) in [5.41, 5.74) is -0.0518. The Kier molecular flexibility index (Phi) is 8.20. The predicted octanol–water partition coefficient (Wildman–Crippen LogP) is 1.53. The van der Waals surface area contributed by atoms with Gasteiger partial charge in [0, 0.05) is 18.7 Å². The van der Waals surface area contributed by atoms with Gasteiger partial charge < -0.3 is 24.6 Å². The quantitative estimate of drug-likeness (QED) is 0.534. The molecule has 136 valence electrons. The number of rotatable bonds is 8. The molecule has 0 fully saturated rings. The summed E-state index contributed by atoms with van der Waals surface area (Å²) >= 11 is 0. The van der Waals surface area contributed by atoms with Crippen LogP contribution in [0, 0.1) is 10.1 Å². The first-order valence-corrected chi connectivity index (χ1v) is 7.52. The Hall–Kier alpha value is -1.61. The second-order valence-electron chi connectivity index (χ2n) is 5.69. The van der Waals surface area contributed by atoms with Gasteiger partial charge in [-0.25, -0.2) is 0 Å². The van der Waals surface area contributed by atoms with Gasteiger partial charge in [0.05, 0.1) is 30.3 Å². The summed E-state index contributed by atoms with van der Waals surface area (Å²) in [5.74, 6) is 0.814. The van der Waals surface area contributed by atoms with Crippen molar-refractivity contribution in [2.45, 2.75) is 32.1 Å². The zero-order valence-corrected chi connectivity index (χ0v) is 14.5. The molecule has 2 N–H and O–H groups in total. The highest BCUT2D eigenvalue weighted by Crippen LogP contribution is 2.34. The molecule has 2 rings (SSSR count). The van der Waals surface area contributed by atoms with Crippen LogP contribution < -0.4 is 14.8 Å². The average molecular weight is 363 g/mol. The fourth-order valence-electron chi connectivity index (χ4n) is 2.07. The van der Waals surface area contributed by atoms with Crippen molar-refractivity contribution in [2.75, 3.05) is 26.4 Å². The van der Waals surface area contributed by atoms with Crippen molar-refractivity contribution >= 4 is 18.1 Å². The third kappa shape index (κ3) is 6.12. The molecular weight excluding hydrogens is 340 g/mol. The standard InChI is InChI=1S/C15H22N2O6.ClH/c1-10(2)16-6-12(18)7-21-8-13-9-22-14-4-3-11(17(19)20)5-15(14)23-13;/h3-5,10,12-13,16,18H,6-9H2,1-2H3;1H. The fourth-order valence-corrected chi connectivity index (χ4v) is 2.07. The molecule has 1 aromatic carbocycles. The monoisotopic (exact) mass is 362 g/mol. The molecule has 2 atom stereocenters. The van der Waals surface area contributed by atoms with E-state index in [0.29, 0.717) is 30.7 Å². The Labute approximate surface area is 146 Å². The lowest BCUT2D eigenvalue weighted by atomic mass is 10.2. The predicted molar refractivity (Wildman–Crippen MR) is 90.2 cm³/mol. The van der Waals surface area contributed by atoms with E-state index in [9.17, 15) is 15.2 Å². The lowest BCUT2D eigenvalue weighted by Gasteiger charge is -2.26. The first-order valence-electron chi connectivity index (χ1n) is 7.52. The van der Waals surface area contributed by atoms with Crippen molar-refractivity contribution in [3.63, 3.8) is 0 Å². The number of fused-ring (bicyclic) bond motifs is 1. The molecule has 9 heteroatoms. The Bertz CT molecular complexity index is 543. The molecule has 0 spiro atoms. The van der Waals surface area contributed by atoms with E-state index in [1.165, 1.54) is 18.2 Å². The summed E-state index contributed by atoms with van der Waals surface area (Å²) < 4.78 is 16.6. The zero-order valence-electron chi connectivity index (χ0n) is 13.6. The number of nitrogens with zero attached hydrogens (tertiary/aromatic N) is 1. The van der Waals surface area contributed by atoms with E-state index in [4.69, 9.17) is 14.2 Å². The maximum atomic E-state index is 10.8. The number of hydrogen-bond donors (Lipinski definition) is 2. The van der Waals surface area contributed by atoms with Crippen molar-refractivity contribution in [1.82, 2.24) is 5.32 Å². The summed E-state index contributed by atoms with van der Waals surface area (Å²) in [6.45, 7) is 5.16. The third-order valence-electron chi connectivity index (χ3n) is 3.23. The number of aliphatic hydroxyl groups is 1. The van der Waals surface area contributed by atoms with Crippen LogP contribution in [0.4, 0.5) is 5.69 Å². The number of nitrogens with one attached hydrogen (secondary N) is 1. The molecule has 0 aliphatic carbocycles. The van der Waals surface area contributed by atoms with Gasteiger partial charge in [-0.05, 0) is 6.07 Å². The number of aliphatic hydroxyl groups excluding tert-OH is 1. The van der Waals surface area contributed by atoms with Gasteiger partial charge in [-0.2, -0.15) is 0 Å². The second-order valence-corrected chi connectivity index (χ2v) is 5.69. The van der Waals surface area contributed by atoms with Crippen molar-refractivity contribution < 1.29 is 24.2 Å². The van der Waals surface area contributed by atoms with Crippen LogP contribution in [0.5, 0.6) is 11.5 Å². The summed E-state index contributed by atoms with van der Waals surface area (Å²) in [7, 11) is 0. The number of hydrogen-bond acceptors (Lipinski definition) is 7. The van der Waals surface area contributed by atoms with Crippen LogP contribution in [0.1, 0.15) is 13.8 Å². The topological polar surface area (TPSA) is 103 Å². The van der Waals surface area contributed by atoms with Crippen LogP contribution in [0.15, 0.2) is 18.2 Å². The van der Waals surface area contributed by atoms with E-state index in [0.717, 1.165) is 0 Å². The van der Waals surface area contributed by atoms with E-state index >= 15 is 0 Å². The van der Waals surface area contributed by atoms with Crippen molar-refractivity contribution in [3.8, 4) is 11.5 Å². The van der Waals surface area contributed by atoms with Gasteiger partial charge in [0.1, 0.15) is 6.61 Å². The van der Waals surface area contributed by atoms with Gasteiger partial charge in [0.15, 0.2) is 17.6 Å². The van der Waals surface area contributed by atoms with Crippen LogP contribution in [0.2, 0.25) is 0 Å². The van der Waals surface area contributed by atoms with Crippen LogP contribution in [-0.2, 0) is 4.74 Å². The Morgan fingerprint density at radius 3 is 2.88 bits per heavy atom. The van der Waals surface area contributed by atoms with E-state index in [-0.39, 0.29) is 37.4 Å². The molecule has 0 aromatic heterocycles. The number of ether oxygens (including phenoxy) is 3. The number of benzene rings is 1. The highest BCUT2D eigenvalue weighted by atomic mass is 35.5. The number of halogens is 1. The Morgan fingerprint density at radius 2 is 2.21 bits per heavy atom. The van der Waals surface area contributed by atoms with E-state index in [1.54, 1.807) is 0 Å². The maximum absolute atomic E-state index is 10.8. The highest BCUT2D eigenvalue weighted by molar-refractivity contribution is 5.85. The largest absolute Gasteiger partial charge is 0.486 e. The second kappa shape index (κ2) is 9.63. The lowest BCUT2D eigenvalue weighted by molar-refractivity contribution is -0.385. The molecule has 1 aliphatic rings. The molecule has 8 nitrogen and oxygen atoms in total. The van der Waals surface area contributed by atoms with Crippen LogP contribution in [0.25, 0.3) is 0 Å². The van der Waals surface area contributed by atoms with Crippen molar-refractivity contribution in [2.24, 2.45) is 0 Å². The summed E-state index contributed by atoms with van der Waals surface area (Å²) in [6, 6.07) is 4.53. The van der Waals surface area contributed by atoms with Gasteiger partial charge in [-0.3, -0.25) is 10.1 Å². The SMILES string of the molecule is CC(C)NCC(O)COCC1COc2ccc([N+](=O)[O-])cc2O1.Cl. The molecule has 0 saturated carbocycles. The molecule has 0 bridgehead atoms. The number of nitro benzene ring substituents is 1. The Morgan fingerprint density at radius 1 is 1.46 bits per heavy atom. The number of non-ortho nitro benzene ring substituents is 1. The molecule has 1 aromatic rings. The van der Waals surface area contributed by atoms with E-state index < -0.39 is 11.0 Å². The first-order chi connectivity index (χ1) is 11.0. The molecule has 0 amide bonds. The molecule has 24 heavy (non-hydrogen) atoms. The molecular formula is C15H23ClN2O6. The minimum Gasteiger partial charge on any atom is -0.486 e. The van der Waals surface area contributed by atoms with Crippen LogP contribution >= 0.6 is 12.4 Å². The minimum absolute atomic E-state index is 0. The van der Waals surface area contributed by atoms with E-state index in [2.05, 4.69) is 5.32 Å². The minimum atomic E-state index is -0.602. The molecule has 0 saturated heterocycles.